The maximum Gasteiger partial charge on any atom is 0.230 e. The van der Waals surface area contributed by atoms with E-state index < -0.39 is 5.82 Å². The van der Waals surface area contributed by atoms with Crippen molar-refractivity contribution in [3.8, 4) is 5.75 Å². The largest absolute Gasteiger partial charge is 0.483 e. The van der Waals surface area contributed by atoms with Gasteiger partial charge in [0, 0.05) is 13.2 Å². The van der Waals surface area contributed by atoms with Crippen LogP contribution in [0.5, 0.6) is 5.75 Å². The van der Waals surface area contributed by atoms with Crippen molar-refractivity contribution in [3.05, 3.63) is 35.9 Å². The smallest absolute Gasteiger partial charge is 0.230 e. The molecule has 1 amide bonds. The van der Waals surface area contributed by atoms with Crippen LogP contribution in [0.15, 0.2) is 29.4 Å². The van der Waals surface area contributed by atoms with E-state index >= 15 is 0 Å². The quantitative estimate of drug-likeness (QED) is 0.624. The summed E-state index contributed by atoms with van der Waals surface area (Å²) in [6.07, 6.45) is 2.10. The second-order valence-electron chi connectivity index (χ2n) is 6.42. The molecule has 0 bridgehead atoms. The fraction of sp³-hybridized carbons (Fsp3) is 0.500. The Morgan fingerprint density at radius 3 is 2.89 bits per heavy atom. The van der Waals surface area contributed by atoms with Crippen LogP contribution in [0.2, 0.25) is 0 Å². The van der Waals surface area contributed by atoms with Gasteiger partial charge < -0.3 is 14.8 Å². The summed E-state index contributed by atoms with van der Waals surface area (Å²) in [6, 6.07) is 6.48. The average molecular weight is 394 g/mol. The van der Waals surface area contributed by atoms with Crippen molar-refractivity contribution in [3.63, 3.8) is 0 Å². The van der Waals surface area contributed by atoms with Crippen molar-refractivity contribution in [1.29, 1.82) is 0 Å². The molecule has 0 radical (unpaired) electrons. The monoisotopic (exact) mass is 394 g/mol. The molecule has 2 aromatic rings. The summed E-state index contributed by atoms with van der Waals surface area (Å²) in [4.78, 5) is 11.9. The molecule has 146 valence electrons. The van der Waals surface area contributed by atoms with Crippen molar-refractivity contribution >= 4 is 17.7 Å². The molecule has 0 saturated heterocycles. The highest BCUT2D eigenvalue weighted by Crippen LogP contribution is 2.24. The number of aromatic nitrogens is 3. The molecule has 27 heavy (non-hydrogen) atoms. The number of ether oxygens (including phenoxy) is 2. The third kappa shape index (κ3) is 5.43. The lowest BCUT2D eigenvalue weighted by molar-refractivity contribution is -0.118. The molecule has 1 aliphatic carbocycles. The number of halogens is 1. The van der Waals surface area contributed by atoms with Gasteiger partial charge in [0.05, 0.1) is 18.4 Å². The Kier molecular flexibility index (Phi) is 6.68. The van der Waals surface area contributed by atoms with E-state index in [4.69, 9.17) is 9.47 Å². The molecule has 0 spiro atoms. The number of nitrogens with one attached hydrogen (secondary N) is 1. The Morgan fingerprint density at radius 1 is 1.41 bits per heavy atom. The zero-order valence-corrected chi connectivity index (χ0v) is 16.2. The number of methoxy groups -OCH3 is 1. The number of nitrogens with zero attached hydrogens (tertiary/aromatic N) is 3. The molecule has 1 fully saturated rings. The summed E-state index contributed by atoms with van der Waals surface area (Å²) >= 11 is 1.32. The third-order valence-electron chi connectivity index (χ3n) is 4.05. The van der Waals surface area contributed by atoms with Crippen LogP contribution in [-0.2, 0) is 16.1 Å². The maximum atomic E-state index is 13.8. The van der Waals surface area contributed by atoms with Crippen LogP contribution in [0.25, 0.3) is 0 Å². The number of thioether (sulfide) groups is 1. The van der Waals surface area contributed by atoms with Crippen LogP contribution in [0.4, 0.5) is 4.39 Å². The number of hydrogen-bond acceptors (Lipinski definition) is 6. The standard InChI is InChI=1S/C18H23FN4O3S/c1-12(9-25-2)23-16(10-26-15-6-4-3-5-14(15)19)21-22-18(23)27-11-17(24)20-13-7-8-13/h3-6,12-13H,7-11H2,1-2H3,(H,20,24)/t12-/m1/s1. The number of rotatable bonds is 10. The van der Waals surface area contributed by atoms with E-state index in [9.17, 15) is 9.18 Å². The summed E-state index contributed by atoms with van der Waals surface area (Å²) < 4.78 is 26.4. The van der Waals surface area contributed by atoms with E-state index in [1.54, 1.807) is 25.3 Å². The van der Waals surface area contributed by atoms with Gasteiger partial charge in [-0.2, -0.15) is 0 Å². The maximum absolute atomic E-state index is 13.8. The first-order valence-electron chi connectivity index (χ1n) is 8.80. The van der Waals surface area contributed by atoms with E-state index in [0.29, 0.717) is 23.6 Å². The van der Waals surface area contributed by atoms with E-state index in [1.807, 2.05) is 11.5 Å². The molecular weight excluding hydrogens is 371 g/mol. The lowest BCUT2D eigenvalue weighted by Crippen LogP contribution is -2.27. The van der Waals surface area contributed by atoms with Gasteiger partial charge >= 0.3 is 0 Å². The van der Waals surface area contributed by atoms with Crippen molar-refractivity contribution in [2.45, 2.75) is 43.6 Å². The van der Waals surface area contributed by atoms with Gasteiger partial charge in [-0.05, 0) is 31.9 Å². The highest BCUT2D eigenvalue weighted by molar-refractivity contribution is 7.99. The van der Waals surface area contributed by atoms with E-state index in [0.717, 1.165) is 12.8 Å². The predicted octanol–water partition coefficient (Wildman–Crippen LogP) is 2.57. The lowest BCUT2D eigenvalue weighted by atomic mass is 10.3. The van der Waals surface area contributed by atoms with E-state index in [2.05, 4.69) is 15.5 Å². The van der Waals surface area contributed by atoms with Gasteiger partial charge in [0.15, 0.2) is 22.5 Å². The van der Waals surface area contributed by atoms with Crippen LogP contribution in [0.3, 0.4) is 0 Å². The Hall–Kier alpha value is -2.13. The third-order valence-corrected chi connectivity index (χ3v) is 5.00. The van der Waals surface area contributed by atoms with Crippen LogP contribution in [-0.4, -0.2) is 46.2 Å². The lowest BCUT2D eigenvalue weighted by Gasteiger charge is -2.17. The van der Waals surface area contributed by atoms with Gasteiger partial charge in [0.1, 0.15) is 6.61 Å². The zero-order chi connectivity index (χ0) is 19.2. The molecule has 0 unspecified atom stereocenters. The Bertz CT molecular complexity index is 782. The molecule has 1 aromatic carbocycles. The second kappa shape index (κ2) is 9.18. The van der Waals surface area contributed by atoms with E-state index in [-0.39, 0.29) is 30.1 Å². The van der Waals surface area contributed by atoms with E-state index in [1.165, 1.54) is 17.8 Å². The number of amides is 1. The normalized spacial score (nSPS) is 14.8. The number of benzene rings is 1. The minimum absolute atomic E-state index is 0.0133. The topological polar surface area (TPSA) is 78.3 Å². The molecule has 0 aliphatic heterocycles. The van der Waals surface area contributed by atoms with Crippen LogP contribution >= 0.6 is 11.8 Å². The second-order valence-corrected chi connectivity index (χ2v) is 7.37. The van der Waals surface area contributed by atoms with Crippen molar-refractivity contribution in [2.75, 3.05) is 19.5 Å². The highest BCUT2D eigenvalue weighted by Gasteiger charge is 2.24. The molecule has 1 aliphatic rings. The zero-order valence-electron chi connectivity index (χ0n) is 15.4. The molecule has 1 heterocycles. The van der Waals surface area contributed by atoms with Gasteiger partial charge in [-0.1, -0.05) is 23.9 Å². The summed E-state index contributed by atoms with van der Waals surface area (Å²) in [7, 11) is 1.62. The first-order valence-corrected chi connectivity index (χ1v) is 9.79. The van der Waals surface area contributed by atoms with Gasteiger partial charge in [-0.3, -0.25) is 9.36 Å². The summed E-state index contributed by atoms with van der Waals surface area (Å²) in [5.41, 5.74) is 0. The van der Waals surface area contributed by atoms with Crippen LogP contribution in [0, 0.1) is 5.82 Å². The number of carbonyl (C=O) groups is 1. The minimum atomic E-state index is -0.431. The number of carbonyl (C=O) groups excluding carboxylic acids is 1. The molecule has 1 atom stereocenters. The van der Waals surface area contributed by atoms with Gasteiger partial charge in [-0.15, -0.1) is 10.2 Å². The van der Waals surface area contributed by atoms with Gasteiger partial charge in [0.2, 0.25) is 5.91 Å². The minimum Gasteiger partial charge on any atom is -0.483 e. The molecule has 1 saturated carbocycles. The average Bonchev–Trinajstić information content (AvgIpc) is 3.36. The first-order chi connectivity index (χ1) is 13.1. The van der Waals surface area contributed by atoms with Crippen LogP contribution < -0.4 is 10.1 Å². The van der Waals surface area contributed by atoms with Crippen molar-refractivity contribution in [1.82, 2.24) is 20.1 Å². The van der Waals surface area contributed by atoms with Gasteiger partial charge in [-0.25, -0.2) is 4.39 Å². The molecule has 1 N–H and O–H groups in total. The highest BCUT2D eigenvalue weighted by atomic mass is 32.2. The number of hydrogen-bond donors (Lipinski definition) is 1. The summed E-state index contributed by atoms with van der Waals surface area (Å²) in [5, 5.41) is 11.9. The predicted molar refractivity (Wildman–Crippen MR) is 99.2 cm³/mol. The SMILES string of the molecule is COC[C@@H](C)n1c(COc2ccccc2F)nnc1SCC(=O)NC1CC1. The summed E-state index contributed by atoms with van der Waals surface area (Å²) in [5.74, 6) is 0.528. The van der Waals surface area contributed by atoms with Gasteiger partial charge in [0.25, 0.3) is 0 Å². The van der Waals surface area contributed by atoms with Crippen molar-refractivity contribution < 1.29 is 18.7 Å². The van der Waals surface area contributed by atoms with Crippen LogP contribution in [0.1, 0.15) is 31.6 Å². The van der Waals surface area contributed by atoms with Crippen molar-refractivity contribution in [2.24, 2.45) is 0 Å². The Labute approximate surface area is 161 Å². The Morgan fingerprint density at radius 2 is 2.19 bits per heavy atom. The molecule has 9 heteroatoms. The Balaban J connectivity index is 1.69. The first kappa shape index (κ1) is 19.6. The molecule has 3 rings (SSSR count). The summed E-state index contributed by atoms with van der Waals surface area (Å²) in [6.45, 7) is 2.48. The fourth-order valence-corrected chi connectivity index (χ4v) is 3.46. The fourth-order valence-electron chi connectivity index (χ4n) is 2.59. The molecular formula is C18H23FN4O3S. The number of para-hydroxylation sites is 1. The molecule has 1 aromatic heterocycles. The molecule has 7 nitrogen and oxygen atoms in total.